The first-order valence-electron chi connectivity index (χ1n) is 6.73. The average Bonchev–Trinajstić information content (AvgIpc) is 2.91. The minimum atomic E-state index is 0.581. The molecular formula is C17H15N3O. The van der Waals surface area contributed by atoms with Gasteiger partial charge in [0.15, 0.2) is 0 Å². The van der Waals surface area contributed by atoms with E-state index < -0.39 is 0 Å². The van der Waals surface area contributed by atoms with Crippen molar-refractivity contribution in [3.05, 3.63) is 59.5 Å². The van der Waals surface area contributed by atoms with Gasteiger partial charge in [0.2, 0.25) is 0 Å². The van der Waals surface area contributed by atoms with Crippen molar-refractivity contribution in [1.29, 1.82) is 5.26 Å². The third kappa shape index (κ3) is 2.46. The number of hydrogen-bond acceptors (Lipinski definition) is 4. The molecule has 3 aromatic rings. The molecule has 0 atom stereocenters. The quantitative estimate of drug-likeness (QED) is 0.733. The summed E-state index contributed by atoms with van der Waals surface area (Å²) >= 11 is 0. The molecule has 0 aliphatic rings. The molecule has 4 heteroatoms. The van der Waals surface area contributed by atoms with E-state index in [1.165, 1.54) is 0 Å². The van der Waals surface area contributed by atoms with Crippen LogP contribution in [0.25, 0.3) is 10.9 Å². The monoisotopic (exact) mass is 277 g/mol. The zero-order valence-electron chi connectivity index (χ0n) is 12.0. The van der Waals surface area contributed by atoms with Crippen LogP contribution in [0.15, 0.2) is 47.1 Å². The molecule has 1 aromatic carbocycles. The number of furan rings is 1. The van der Waals surface area contributed by atoms with Gasteiger partial charge in [0, 0.05) is 24.5 Å². The third-order valence-corrected chi connectivity index (χ3v) is 3.56. The first-order valence-corrected chi connectivity index (χ1v) is 6.73. The number of fused-ring (bicyclic) bond motifs is 1. The number of pyridine rings is 1. The molecule has 0 spiro atoms. The number of para-hydroxylation sites is 1. The minimum absolute atomic E-state index is 0.581. The van der Waals surface area contributed by atoms with Gasteiger partial charge in [-0.1, -0.05) is 18.2 Å². The maximum Gasteiger partial charge on any atom is 0.147 e. The summed E-state index contributed by atoms with van der Waals surface area (Å²) in [5, 5.41) is 10.3. The molecule has 0 saturated heterocycles. The van der Waals surface area contributed by atoms with Gasteiger partial charge in [-0.3, -0.25) is 0 Å². The van der Waals surface area contributed by atoms with Crippen LogP contribution < -0.4 is 4.90 Å². The lowest BCUT2D eigenvalue weighted by Crippen LogP contribution is -2.19. The number of rotatable bonds is 3. The largest absolute Gasteiger partial charge is 0.469 e. The molecule has 0 amide bonds. The van der Waals surface area contributed by atoms with Crippen molar-refractivity contribution in [2.75, 3.05) is 11.9 Å². The Morgan fingerprint density at radius 2 is 2.10 bits per heavy atom. The summed E-state index contributed by atoms with van der Waals surface area (Å²) in [6.45, 7) is 2.59. The highest BCUT2D eigenvalue weighted by molar-refractivity contribution is 5.83. The molecule has 104 valence electrons. The van der Waals surface area contributed by atoms with Crippen LogP contribution in [-0.2, 0) is 6.54 Å². The van der Waals surface area contributed by atoms with Gasteiger partial charge in [-0.05, 0) is 25.1 Å². The second kappa shape index (κ2) is 5.29. The smallest absolute Gasteiger partial charge is 0.147 e. The molecule has 0 saturated carbocycles. The lowest BCUT2D eigenvalue weighted by molar-refractivity contribution is 0.529. The molecule has 0 radical (unpaired) electrons. The van der Waals surface area contributed by atoms with E-state index in [2.05, 4.69) is 11.1 Å². The third-order valence-electron chi connectivity index (χ3n) is 3.56. The summed E-state index contributed by atoms with van der Waals surface area (Å²) < 4.78 is 5.32. The van der Waals surface area contributed by atoms with Gasteiger partial charge in [0.05, 0.1) is 17.3 Å². The topological polar surface area (TPSA) is 53.1 Å². The number of aryl methyl sites for hydroxylation is 1. The van der Waals surface area contributed by atoms with E-state index in [9.17, 15) is 5.26 Å². The number of nitrogens with zero attached hydrogens (tertiary/aromatic N) is 3. The summed E-state index contributed by atoms with van der Waals surface area (Å²) in [5.41, 5.74) is 2.57. The van der Waals surface area contributed by atoms with Crippen molar-refractivity contribution in [3.8, 4) is 6.07 Å². The van der Waals surface area contributed by atoms with Gasteiger partial charge in [-0.2, -0.15) is 5.26 Å². The van der Waals surface area contributed by atoms with Gasteiger partial charge >= 0.3 is 0 Å². The van der Waals surface area contributed by atoms with Crippen LogP contribution in [0.3, 0.4) is 0 Å². The first kappa shape index (κ1) is 13.2. The van der Waals surface area contributed by atoms with E-state index in [0.29, 0.717) is 17.9 Å². The fourth-order valence-corrected chi connectivity index (χ4v) is 2.38. The Balaban J connectivity index is 2.02. The van der Waals surface area contributed by atoms with Gasteiger partial charge in [-0.15, -0.1) is 0 Å². The summed E-state index contributed by atoms with van der Waals surface area (Å²) in [6, 6.07) is 13.9. The Bertz CT molecular complexity index is 829. The Morgan fingerprint density at radius 1 is 1.29 bits per heavy atom. The van der Waals surface area contributed by atoms with Crippen LogP contribution >= 0.6 is 0 Å². The van der Waals surface area contributed by atoms with E-state index in [4.69, 9.17) is 4.42 Å². The zero-order valence-corrected chi connectivity index (χ0v) is 12.0. The summed E-state index contributed by atoms with van der Waals surface area (Å²) in [5.74, 6) is 1.58. The van der Waals surface area contributed by atoms with Crippen LogP contribution in [0, 0.1) is 18.3 Å². The minimum Gasteiger partial charge on any atom is -0.469 e. The summed E-state index contributed by atoms with van der Waals surface area (Å²) in [7, 11) is 1.93. The van der Waals surface area contributed by atoms with Crippen molar-refractivity contribution in [2.45, 2.75) is 13.5 Å². The fraction of sp³-hybridized carbons (Fsp3) is 0.176. The number of aromatic nitrogens is 1. The highest BCUT2D eigenvalue weighted by Crippen LogP contribution is 2.24. The second-order valence-corrected chi connectivity index (χ2v) is 5.02. The maximum absolute atomic E-state index is 9.37. The van der Waals surface area contributed by atoms with Gasteiger partial charge in [0.25, 0.3) is 0 Å². The molecule has 0 N–H and O–H groups in total. The lowest BCUT2D eigenvalue weighted by atomic mass is 10.1. The number of anilines is 1. The fourth-order valence-electron chi connectivity index (χ4n) is 2.38. The second-order valence-electron chi connectivity index (χ2n) is 5.02. The van der Waals surface area contributed by atoms with Crippen LogP contribution in [0.5, 0.6) is 0 Å². The van der Waals surface area contributed by atoms with Crippen LogP contribution in [0.4, 0.5) is 5.82 Å². The predicted molar refractivity (Wildman–Crippen MR) is 82.0 cm³/mol. The Labute approximate surface area is 123 Å². The van der Waals surface area contributed by atoms with Crippen molar-refractivity contribution < 1.29 is 4.42 Å². The van der Waals surface area contributed by atoms with Gasteiger partial charge < -0.3 is 9.32 Å². The van der Waals surface area contributed by atoms with E-state index in [0.717, 1.165) is 22.2 Å². The summed E-state index contributed by atoms with van der Waals surface area (Å²) in [4.78, 5) is 6.60. The van der Waals surface area contributed by atoms with Gasteiger partial charge in [-0.25, -0.2) is 4.98 Å². The molecule has 0 unspecified atom stereocenters. The van der Waals surface area contributed by atoms with Gasteiger partial charge in [0.1, 0.15) is 17.6 Å². The lowest BCUT2D eigenvalue weighted by Gasteiger charge is -2.19. The molecule has 2 aromatic heterocycles. The Hall–Kier alpha value is -2.80. The number of hydrogen-bond donors (Lipinski definition) is 0. The van der Waals surface area contributed by atoms with E-state index in [1.807, 2.05) is 55.3 Å². The van der Waals surface area contributed by atoms with Crippen molar-refractivity contribution in [3.63, 3.8) is 0 Å². The molecule has 0 fully saturated rings. The SMILES string of the molecule is Cc1occc1CN(C)c1nc2ccccc2cc1C#N. The molecular weight excluding hydrogens is 262 g/mol. The molecule has 2 heterocycles. The van der Waals surface area contributed by atoms with E-state index in [-0.39, 0.29) is 0 Å². The number of benzene rings is 1. The van der Waals surface area contributed by atoms with Crippen molar-refractivity contribution in [1.82, 2.24) is 4.98 Å². The zero-order chi connectivity index (χ0) is 14.8. The molecule has 3 rings (SSSR count). The Morgan fingerprint density at radius 3 is 2.81 bits per heavy atom. The van der Waals surface area contributed by atoms with Crippen LogP contribution in [0.2, 0.25) is 0 Å². The Kier molecular flexibility index (Phi) is 3.33. The van der Waals surface area contributed by atoms with Crippen molar-refractivity contribution >= 4 is 16.7 Å². The highest BCUT2D eigenvalue weighted by Gasteiger charge is 2.13. The molecule has 4 nitrogen and oxygen atoms in total. The normalized spacial score (nSPS) is 10.5. The van der Waals surface area contributed by atoms with E-state index >= 15 is 0 Å². The molecule has 0 aliphatic heterocycles. The van der Waals surface area contributed by atoms with Crippen molar-refractivity contribution in [2.24, 2.45) is 0 Å². The van der Waals surface area contributed by atoms with Crippen LogP contribution in [0.1, 0.15) is 16.9 Å². The van der Waals surface area contributed by atoms with E-state index in [1.54, 1.807) is 6.26 Å². The predicted octanol–water partition coefficient (Wildman–Crippen LogP) is 3.64. The molecule has 0 bridgehead atoms. The standard InChI is InChI=1S/C17H15N3O/c1-12-14(7-8-21-12)11-20(2)17-15(10-18)9-13-5-3-4-6-16(13)19-17/h3-9H,11H2,1-2H3. The molecule has 0 aliphatic carbocycles. The number of nitriles is 1. The van der Waals surface area contributed by atoms with Crippen LogP contribution in [-0.4, -0.2) is 12.0 Å². The highest BCUT2D eigenvalue weighted by atomic mass is 16.3. The first-order chi connectivity index (χ1) is 10.2. The maximum atomic E-state index is 9.37. The summed E-state index contributed by atoms with van der Waals surface area (Å²) in [6.07, 6.45) is 1.68. The average molecular weight is 277 g/mol. The molecule has 21 heavy (non-hydrogen) atoms.